The highest BCUT2D eigenvalue weighted by Crippen LogP contribution is 2.24. The summed E-state index contributed by atoms with van der Waals surface area (Å²) in [7, 11) is 0. The molecule has 0 unspecified atom stereocenters. The lowest BCUT2D eigenvalue weighted by molar-refractivity contribution is 0.344. The average molecular weight is 282 g/mol. The van der Waals surface area contributed by atoms with Crippen LogP contribution in [0.25, 0.3) is 5.70 Å². The smallest absolute Gasteiger partial charge is 0.115 e. The van der Waals surface area contributed by atoms with Gasteiger partial charge in [-0.1, -0.05) is 12.7 Å². The lowest BCUT2D eigenvalue weighted by Gasteiger charge is -2.19. The second kappa shape index (κ2) is 5.38. The van der Waals surface area contributed by atoms with Crippen molar-refractivity contribution in [2.75, 3.05) is 6.54 Å². The van der Waals surface area contributed by atoms with Gasteiger partial charge >= 0.3 is 0 Å². The van der Waals surface area contributed by atoms with Crippen molar-refractivity contribution >= 4 is 5.70 Å². The zero-order valence-corrected chi connectivity index (χ0v) is 11.9. The zero-order chi connectivity index (χ0) is 14.8. The molecule has 0 saturated heterocycles. The lowest BCUT2D eigenvalue weighted by Crippen LogP contribution is -2.35. The second-order valence-electron chi connectivity index (χ2n) is 5.00. The summed E-state index contributed by atoms with van der Waals surface area (Å²) in [4.78, 5) is 0. The molecule has 0 spiro atoms. The van der Waals surface area contributed by atoms with E-state index in [1.807, 2.05) is 29.4 Å². The molecule has 0 radical (unpaired) electrons. The average Bonchev–Trinajstić information content (AvgIpc) is 2.90. The normalized spacial score (nSPS) is 16.4. The van der Waals surface area contributed by atoms with Crippen LogP contribution >= 0.6 is 0 Å². The number of aromatic hydroxyl groups is 1. The van der Waals surface area contributed by atoms with Gasteiger partial charge in [0.05, 0.1) is 17.9 Å². The van der Waals surface area contributed by atoms with Gasteiger partial charge in [-0.05, 0) is 48.4 Å². The number of benzene rings is 1. The molecule has 0 atom stereocenters. The number of hydrogen-bond donors (Lipinski definition) is 4. The monoisotopic (exact) mass is 282 g/mol. The molecule has 3 rings (SSSR count). The Bertz CT molecular complexity index is 655. The molecule has 5 nitrogen and oxygen atoms in total. The van der Waals surface area contributed by atoms with E-state index >= 15 is 0 Å². The van der Waals surface area contributed by atoms with Crippen molar-refractivity contribution in [1.82, 2.24) is 21.3 Å². The molecule has 108 valence electrons. The molecule has 2 aliphatic rings. The van der Waals surface area contributed by atoms with Crippen LogP contribution in [0.2, 0.25) is 0 Å². The minimum Gasteiger partial charge on any atom is -0.508 e. The first-order valence-corrected chi connectivity index (χ1v) is 6.77. The standard InChI is InChI=1S/C16H18N4O/c1-11-4-3-9-20-16(11)15(18-19-20)10-17-12(2)13-5-7-14(21)8-6-13/h3-9,17-19,21H,2,10H2,1H3. The van der Waals surface area contributed by atoms with E-state index in [4.69, 9.17) is 0 Å². The van der Waals surface area contributed by atoms with Gasteiger partial charge in [0.25, 0.3) is 0 Å². The molecule has 1 aromatic rings. The molecule has 0 aliphatic carbocycles. The van der Waals surface area contributed by atoms with E-state index in [2.05, 4.69) is 35.9 Å². The molecule has 0 bridgehead atoms. The number of rotatable bonds is 4. The molecule has 0 fully saturated rings. The molecule has 4 N–H and O–H groups in total. The number of nitrogens with zero attached hydrogens (tertiary/aromatic N) is 1. The Kier molecular flexibility index (Phi) is 3.41. The summed E-state index contributed by atoms with van der Waals surface area (Å²) in [6.45, 7) is 6.75. The highest BCUT2D eigenvalue weighted by molar-refractivity contribution is 5.62. The third kappa shape index (κ3) is 2.64. The van der Waals surface area contributed by atoms with Crippen LogP contribution in [0, 0.1) is 0 Å². The van der Waals surface area contributed by atoms with Gasteiger partial charge < -0.3 is 15.8 Å². The Morgan fingerprint density at radius 3 is 2.86 bits per heavy atom. The zero-order valence-electron chi connectivity index (χ0n) is 11.9. The largest absolute Gasteiger partial charge is 0.508 e. The van der Waals surface area contributed by atoms with Gasteiger partial charge in [0.15, 0.2) is 0 Å². The van der Waals surface area contributed by atoms with E-state index in [0.717, 1.165) is 22.7 Å². The maximum absolute atomic E-state index is 9.31. The summed E-state index contributed by atoms with van der Waals surface area (Å²) in [6.07, 6.45) is 6.05. The highest BCUT2D eigenvalue weighted by Gasteiger charge is 2.22. The van der Waals surface area contributed by atoms with Gasteiger partial charge in [0, 0.05) is 11.9 Å². The lowest BCUT2D eigenvalue weighted by atomic mass is 10.1. The first kappa shape index (κ1) is 13.3. The first-order chi connectivity index (χ1) is 10.1. The number of nitrogens with one attached hydrogen (secondary N) is 3. The predicted molar refractivity (Wildman–Crippen MR) is 83.2 cm³/mol. The van der Waals surface area contributed by atoms with Crippen molar-refractivity contribution in [3.8, 4) is 5.75 Å². The number of phenols is 1. The Balaban J connectivity index is 1.69. The Hall–Kier alpha value is -2.66. The molecule has 0 amide bonds. The van der Waals surface area contributed by atoms with E-state index < -0.39 is 0 Å². The summed E-state index contributed by atoms with van der Waals surface area (Å²) in [5, 5.41) is 14.6. The maximum Gasteiger partial charge on any atom is 0.115 e. The molecule has 2 heterocycles. The van der Waals surface area contributed by atoms with E-state index in [-0.39, 0.29) is 5.75 Å². The van der Waals surface area contributed by atoms with E-state index in [0.29, 0.717) is 6.54 Å². The minimum absolute atomic E-state index is 0.253. The van der Waals surface area contributed by atoms with E-state index in [1.54, 1.807) is 12.1 Å². The van der Waals surface area contributed by atoms with Crippen LogP contribution in [0.5, 0.6) is 5.75 Å². The van der Waals surface area contributed by atoms with Crippen molar-refractivity contribution in [3.63, 3.8) is 0 Å². The van der Waals surface area contributed by atoms with Gasteiger partial charge in [-0.3, -0.25) is 5.01 Å². The highest BCUT2D eigenvalue weighted by atomic mass is 16.3. The SMILES string of the molecule is C=C(NCC1=C2C(C)=CC=CN2NN1)c1ccc(O)cc1. The molecule has 21 heavy (non-hydrogen) atoms. The summed E-state index contributed by atoms with van der Waals surface area (Å²) < 4.78 is 0. The van der Waals surface area contributed by atoms with Crippen molar-refractivity contribution < 1.29 is 5.11 Å². The van der Waals surface area contributed by atoms with Gasteiger partial charge in [-0.2, -0.15) is 0 Å². The van der Waals surface area contributed by atoms with Crippen molar-refractivity contribution in [1.29, 1.82) is 0 Å². The van der Waals surface area contributed by atoms with Gasteiger partial charge in [0.2, 0.25) is 0 Å². The maximum atomic E-state index is 9.31. The summed E-state index contributed by atoms with van der Waals surface area (Å²) in [5.74, 6) is 0.253. The van der Waals surface area contributed by atoms with Crippen LogP contribution < -0.4 is 16.3 Å². The summed E-state index contributed by atoms with van der Waals surface area (Å²) in [5.41, 5.74) is 11.4. The predicted octanol–water partition coefficient (Wildman–Crippen LogP) is 1.96. The van der Waals surface area contributed by atoms with Gasteiger partial charge in [0.1, 0.15) is 5.75 Å². The van der Waals surface area contributed by atoms with Crippen LogP contribution in [0.15, 0.2) is 66.2 Å². The van der Waals surface area contributed by atoms with Crippen LogP contribution in [-0.2, 0) is 0 Å². The Morgan fingerprint density at radius 2 is 2.10 bits per heavy atom. The fourth-order valence-corrected chi connectivity index (χ4v) is 2.37. The third-order valence-corrected chi connectivity index (χ3v) is 3.50. The van der Waals surface area contributed by atoms with Crippen molar-refractivity contribution in [2.24, 2.45) is 0 Å². The molecule has 2 aliphatic heterocycles. The van der Waals surface area contributed by atoms with E-state index in [9.17, 15) is 5.11 Å². The Labute approximate surface area is 123 Å². The number of fused-ring (bicyclic) bond motifs is 1. The Morgan fingerprint density at radius 1 is 1.33 bits per heavy atom. The van der Waals surface area contributed by atoms with E-state index in [1.165, 1.54) is 5.57 Å². The quantitative estimate of drug-likeness (QED) is 0.680. The van der Waals surface area contributed by atoms with Crippen LogP contribution in [0.4, 0.5) is 0 Å². The first-order valence-electron chi connectivity index (χ1n) is 6.77. The summed E-state index contributed by atoms with van der Waals surface area (Å²) in [6, 6.07) is 6.98. The number of phenolic OH excluding ortho intramolecular Hbond substituents is 1. The molecular weight excluding hydrogens is 264 g/mol. The number of allylic oxidation sites excluding steroid dienone is 3. The second-order valence-corrected chi connectivity index (χ2v) is 5.00. The molecule has 5 heteroatoms. The summed E-state index contributed by atoms with van der Waals surface area (Å²) >= 11 is 0. The number of hydrazine groups is 2. The van der Waals surface area contributed by atoms with Gasteiger partial charge in [-0.25, -0.2) is 0 Å². The fraction of sp³-hybridized carbons (Fsp3) is 0.125. The van der Waals surface area contributed by atoms with Crippen molar-refractivity contribution in [2.45, 2.75) is 6.92 Å². The topological polar surface area (TPSA) is 59.6 Å². The fourth-order valence-electron chi connectivity index (χ4n) is 2.37. The minimum atomic E-state index is 0.253. The molecule has 0 saturated carbocycles. The van der Waals surface area contributed by atoms with Crippen LogP contribution in [-0.4, -0.2) is 16.7 Å². The molecular formula is C16H18N4O. The molecule has 0 aromatic heterocycles. The molecule has 1 aromatic carbocycles. The van der Waals surface area contributed by atoms with Crippen molar-refractivity contribution in [3.05, 3.63) is 71.7 Å². The van der Waals surface area contributed by atoms with Crippen LogP contribution in [0.1, 0.15) is 12.5 Å². The third-order valence-electron chi connectivity index (χ3n) is 3.50. The van der Waals surface area contributed by atoms with Gasteiger partial charge in [-0.15, -0.1) is 5.53 Å². The number of hydrogen-bond acceptors (Lipinski definition) is 5. The van der Waals surface area contributed by atoms with Crippen LogP contribution in [0.3, 0.4) is 0 Å².